The normalized spacial score (nSPS) is 11.2. The molecule has 0 amide bonds. The molecule has 0 atom stereocenters. The highest BCUT2D eigenvalue weighted by Crippen LogP contribution is 2.33. The lowest BCUT2D eigenvalue weighted by Gasteiger charge is -2.07. The second-order valence-electron chi connectivity index (χ2n) is 7.67. The second kappa shape index (κ2) is 9.01. The van der Waals surface area contributed by atoms with Crippen LogP contribution in [-0.2, 0) is 0 Å². The van der Waals surface area contributed by atoms with Gasteiger partial charge in [0, 0.05) is 29.1 Å². The summed E-state index contributed by atoms with van der Waals surface area (Å²) in [4.78, 5) is 12.4. The first-order valence-corrected chi connectivity index (χ1v) is 10.7. The predicted octanol–water partition coefficient (Wildman–Crippen LogP) is 6.89. The van der Waals surface area contributed by atoms with Gasteiger partial charge in [-0.1, -0.05) is 66.7 Å². The Morgan fingerprint density at radius 3 is 2.27 bits per heavy atom. The maximum absolute atomic E-state index is 6.19. The van der Waals surface area contributed by atoms with Crippen LogP contribution in [0.1, 0.15) is 17.1 Å². The molecule has 5 aromatic rings. The fraction of sp³-hybridized carbons (Fsp3) is 0.0714. The first-order chi connectivity index (χ1) is 16.2. The van der Waals surface area contributed by atoms with Gasteiger partial charge in [-0.2, -0.15) is 0 Å². The molecule has 0 aliphatic rings. The molecule has 0 bridgehead atoms. The Morgan fingerprint density at radius 1 is 0.879 bits per heavy atom. The van der Waals surface area contributed by atoms with Gasteiger partial charge in [0.1, 0.15) is 17.3 Å². The lowest BCUT2D eigenvalue weighted by Crippen LogP contribution is -1.90. The highest BCUT2D eigenvalue weighted by molar-refractivity contribution is 5.79. The minimum atomic E-state index is 0.539. The molecule has 0 aliphatic heterocycles. The third-order valence-corrected chi connectivity index (χ3v) is 5.33. The van der Waals surface area contributed by atoms with E-state index < -0.39 is 0 Å². The van der Waals surface area contributed by atoms with Gasteiger partial charge in [0.15, 0.2) is 5.76 Å². The van der Waals surface area contributed by atoms with Crippen LogP contribution in [0.15, 0.2) is 89.5 Å². The number of hydrogen-bond donors (Lipinski definition) is 1. The van der Waals surface area contributed by atoms with E-state index in [9.17, 15) is 0 Å². The van der Waals surface area contributed by atoms with Crippen molar-refractivity contribution in [3.63, 3.8) is 0 Å². The number of imidazole rings is 1. The summed E-state index contributed by atoms with van der Waals surface area (Å²) in [6, 6.07) is 26.1. The highest BCUT2D eigenvalue weighted by Gasteiger charge is 2.15. The van der Waals surface area contributed by atoms with Gasteiger partial charge in [0.05, 0.1) is 12.7 Å². The van der Waals surface area contributed by atoms with Crippen molar-refractivity contribution in [1.29, 1.82) is 0 Å². The predicted molar refractivity (Wildman–Crippen MR) is 132 cm³/mol. The Hall–Kier alpha value is -4.38. The van der Waals surface area contributed by atoms with Crippen molar-refractivity contribution in [3.8, 4) is 39.7 Å². The second-order valence-corrected chi connectivity index (χ2v) is 7.67. The summed E-state index contributed by atoms with van der Waals surface area (Å²) in [5, 5.41) is 0. The van der Waals surface area contributed by atoms with Gasteiger partial charge in [-0.05, 0) is 30.7 Å². The Bertz CT molecular complexity index is 1340. The van der Waals surface area contributed by atoms with Crippen LogP contribution in [0.5, 0.6) is 5.75 Å². The smallest absolute Gasteiger partial charge is 0.220 e. The molecular formula is C28H23N3O2. The average Bonchev–Trinajstić information content (AvgIpc) is 3.50. The van der Waals surface area contributed by atoms with E-state index in [4.69, 9.17) is 14.1 Å². The van der Waals surface area contributed by atoms with Gasteiger partial charge in [0.2, 0.25) is 5.89 Å². The van der Waals surface area contributed by atoms with Crippen molar-refractivity contribution >= 4 is 12.2 Å². The molecular weight excluding hydrogens is 410 g/mol. The molecule has 2 aromatic heterocycles. The van der Waals surface area contributed by atoms with Gasteiger partial charge in [-0.3, -0.25) is 0 Å². The molecule has 3 aromatic carbocycles. The molecule has 5 heteroatoms. The zero-order valence-corrected chi connectivity index (χ0v) is 18.4. The maximum Gasteiger partial charge on any atom is 0.220 e. The lowest BCUT2D eigenvalue weighted by molar-refractivity contribution is 0.416. The van der Waals surface area contributed by atoms with Crippen LogP contribution in [0.2, 0.25) is 0 Å². The number of H-pyrrole nitrogens is 1. The molecule has 0 fully saturated rings. The number of hydrogen-bond acceptors (Lipinski definition) is 4. The zero-order chi connectivity index (χ0) is 22.6. The summed E-state index contributed by atoms with van der Waals surface area (Å²) >= 11 is 0. The summed E-state index contributed by atoms with van der Waals surface area (Å²) in [5.41, 5.74) is 5.71. The fourth-order valence-corrected chi connectivity index (χ4v) is 3.71. The quantitative estimate of drug-likeness (QED) is 0.317. The summed E-state index contributed by atoms with van der Waals surface area (Å²) in [6.07, 6.45) is 5.65. The minimum absolute atomic E-state index is 0.539. The number of aromatic amines is 1. The fourth-order valence-electron chi connectivity index (χ4n) is 3.71. The summed E-state index contributed by atoms with van der Waals surface area (Å²) in [6.45, 7) is 1.98. The van der Waals surface area contributed by atoms with E-state index in [2.05, 4.69) is 9.97 Å². The van der Waals surface area contributed by atoms with E-state index >= 15 is 0 Å². The van der Waals surface area contributed by atoms with Crippen molar-refractivity contribution in [2.75, 3.05) is 7.11 Å². The molecule has 33 heavy (non-hydrogen) atoms. The lowest BCUT2D eigenvalue weighted by atomic mass is 10.1. The Morgan fingerprint density at radius 2 is 1.61 bits per heavy atom. The summed E-state index contributed by atoms with van der Waals surface area (Å²) in [7, 11) is 1.66. The number of aryl methyl sites for hydroxylation is 1. The first kappa shape index (κ1) is 20.5. The summed E-state index contributed by atoms with van der Waals surface area (Å²) < 4.78 is 11.8. The van der Waals surface area contributed by atoms with Crippen LogP contribution >= 0.6 is 0 Å². The molecule has 0 spiro atoms. The molecule has 0 radical (unpaired) electrons. The van der Waals surface area contributed by atoms with Crippen molar-refractivity contribution in [1.82, 2.24) is 15.0 Å². The van der Waals surface area contributed by atoms with E-state index in [1.165, 1.54) is 0 Å². The third kappa shape index (κ3) is 4.34. The molecule has 5 rings (SSSR count). The van der Waals surface area contributed by atoms with Crippen LogP contribution < -0.4 is 4.74 Å². The van der Waals surface area contributed by atoms with E-state index in [1.54, 1.807) is 13.3 Å². The number of nitrogens with one attached hydrogen (secondary N) is 1. The number of oxazole rings is 1. The standard InChI is InChI=1S/C28H23N3O2/c1-19-18-29-28(30-19)23-15-13-20(17-24(23)32-2)14-16-25-31-26(21-9-5-3-6-10-21)27(33-25)22-11-7-4-8-12-22/h3-18H,1-2H3,(H,29,30). The van der Waals surface area contributed by atoms with Crippen molar-refractivity contribution in [2.24, 2.45) is 0 Å². The molecule has 0 saturated carbocycles. The van der Waals surface area contributed by atoms with E-state index in [0.717, 1.165) is 51.0 Å². The number of aromatic nitrogens is 3. The van der Waals surface area contributed by atoms with E-state index in [-0.39, 0.29) is 0 Å². The van der Waals surface area contributed by atoms with Gasteiger partial charge in [0.25, 0.3) is 0 Å². The number of ether oxygens (including phenoxy) is 1. The largest absolute Gasteiger partial charge is 0.496 e. The van der Waals surface area contributed by atoms with Crippen LogP contribution in [0.4, 0.5) is 0 Å². The number of methoxy groups -OCH3 is 1. The van der Waals surface area contributed by atoms with Crippen LogP contribution in [0.25, 0.3) is 46.1 Å². The SMILES string of the molecule is COc1cc(C=Cc2nc(-c3ccccc3)c(-c3ccccc3)o2)ccc1-c1ncc(C)[nH]1. The zero-order valence-electron chi connectivity index (χ0n) is 18.4. The maximum atomic E-state index is 6.19. The van der Waals surface area contributed by atoms with E-state index in [0.29, 0.717) is 5.89 Å². The van der Waals surface area contributed by atoms with Crippen LogP contribution in [0, 0.1) is 6.92 Å². The van der Waals surface area contributed by atoms with Gasteiger partial charge in [-0.25, -0.2) is 9.97 Å². The Labute approximate surface area is 192 Å². The number of rotatable bonds is 6. The van der Waals surface area contributed by atoms with Crippen molar-refractivity contribution < 1.29 is 9.15 Å². The third-order valence-electron chi connectivity index (χ3n) is 5.33. The molecule has 1 N–H and O–H groups in total. The highest BCUT2D eigenvalue weighted by atomic mass is 16.5. The molecule has 0 unspecified atom stereocenters. The molecule has 5 nitrogen and oxygen atoms in total. The molecule has 2 heterocycles. The van der Waals surface area contributed by atoms with Crippen LogP contribution in [0.3, 0.4) is 0 Å². The Balaban J connectivity index is 1.49. The molecule has 0 aliphatic carbocycles. The van der Waals surface area contributed by atoms with Gasteiger partial charge in [-0.15, -0.1) is 0 Å². The molecule has 0 saturated heterocycles. The van der Waals surface area contributed by atoms with Gasteiger partial charge < -0.3 is 14.1 Å². The Kier molecular flexibility index (Phi) is 5.60. The van der Waals surface area contributed by atoms with Crippen molar-refractivity contribution in [2.45, 2.75) is 6.92 Å². The summed E-state index contributed by atoms with van der Waals surface area (Å²) in [5.74, 6) is 2.82. The van der Waals surface area contributed by atoms with Crippen LogP contribution in [-0.4, -0.2) is 22.1 Å². The topological polar surface area (TPSA) is 63.9 Å². The monoisotopic (exact) mass is 433 g/mol. The molecule has 162 valence electrons. The van der Waals surface area contributed by atoms with Gasteiger partial charge >= 0.3 is 0 Å². The minimum Gasteiger partial charge on any atom is -0.496 e. The average molecular weight is 434 g/mol. The first-order valence-electron chi connectivity index (χ1n) is 10.7. The number of benzene rings is 3. The van der Waals surface area contributed by atoms with Crippen molar-refractivity contribution in [3.05, 3.63) is 102 Å². The number of nitrogens with zero attached hydrogens (tertiary/aromatic N) is 2. The van der Waals surface area contributed by atoms with E-state index in [1.807, 2.05) is 97.9 Å².